The van der Waals surface area contributed by atoms with Crippen molar-refractivity contribution >= 4 is 29.5 Å². The van der Waals surface area contributed by atoms with Crippen molar-refractivity contribution in [3.8, 4) is 11.5 Å². The van der Waals surface area contributed by atoms with Crippen LogP contribution in [0.5, 0.6) is 11.5 Å². The summed E-state index contributed by atoms with van der Waals surface area (Å²) in [7, 11) is 0. The van der Waals surface area contributed by atoms with E-state index in [0.717, 1.165) is 17.7 Å². The van der Waals surface area contributed by atoms with E-state index >= 15 is 0 Å². The van der Waals surface area contributed by atoms with Crippen LogP contribution in [-0.4, -0.2) is 53.7 Å². The van der Waals surface area contributed by atoms with Crippen LogP contribution in [0.15, 0.2) is 18.2 Å². The monoisotopic (exact) mass is 417 g/mol. The van der Waals surface area contributed by atoms with Crippen LogP contribution in [-0.2, 0) is 19.1 Å². The average molecular weight is 417 g/mol. The van der Waals surface area contributed by atoms with E-state index in [0.29, 0.717) is 30.0 Å². The molecule has 2 heterocycles. The molecule has 2 fully saturated rings. The van der Waals surface area contributed by atoms with Crippen LogP contribution in [0.4, 0.5) is 10.5 Å². The van der Waals surface area contributed by atoms with Gasteiger partial charge in [-0.3, -0.25) is 19.3 Å². The topological polar surface area (TPSA) is 123 Å². The Morgan fingerprint density at radius 2 is 1.97 bits per heavy atom. The number of hydrogen-bond acceptors (Lipinski definition) is 7. The number of esters is 1. The van der Waals surface area contributed by atoms with Crippen LogP contribution in [0.25, 0.3) is 0 Å². The number of nitrogens with one attached hydrogen (secondary N) is 2. The third kappa shape index (κ3) is 3.77. The first kappa shape index (κ1) is 20.0. The molecule has 1 aromatic rings. The third-order valence-electron chi connectivity index (χ3n) is 5.56. The zero-order chi connectivity index (χ0) is 21.3. The van der Waals surface area contributed by atoms with Gasteiger partial charge in [-0.2, -0.15) is 0 Å². The lowest BCUT2D eigenvalue weighted by Gasteiger charge is -2.20. The molecule has 2 N–H and O–H groups in total. The second-order valence-corrected chi connectivity index (χ2v) is 7.62. The summed E-state index contributed by atoms with van der Waals surface area (Å²) in [6.45, 7) is 1.49. The van der Waals surface area contributed by atoms with Crippen LogP contribution < -0.4 is 20.1 Å². The first-order valence-corrected chi connectivity index (χ1v) is 9.92. The highest BCUT2D eigenvalue weighted by Gasteiger charge is 2.52. The maximum absolute atomic E-state index is 12.6. The SMILES string of the molecule is C[C@@H](OC(=O)CCN1C(=O)NC2(CCCC2)C1=O)C(=O)Nc1ccc2c(c1)OCO2. The Balaban J connectivity index is 1.26. The molecule has 4 amide bonds. The number of benzene rings is 1. The van der Waals surface area contributed by atoms with Gasteiger partial charge in [-0.05, 0) is 31.9 Å². The number of urea groups is 1. The van der Waals surface area contributed by atoms with Gasteiger partial charge in [0.1, 0.15) is 5.54 Å². The van der Waals surface area contributed by atoms with Crippen molar-refractivity contribution in [2.45, 2.75) is 50.7 Å². The van der Waals surface area contributed by atoms with Crippen molar-refractivity contribution in [3.05, 3.63) is 18.2 Å². The fraction of sp³-hybridized carbons (Fsp3) is 0.500. The highest BCUT2D eigenvalue weighted by Crippen LogP contribution is 2.35. The first-order valence-electron chi connectivity index (χ1n) is 9.92. The van der Waals surface area contributed by atoms with Gasteiger partial charge in [-0.15, -0.1) is 0 Å². The molecule has 30 heavy (non-hydrogen) atoms. The predicted octanol–water partition coefficient (Wildman–Crippen LogP) is 1.54. The number of nitrogens with zero attached hydrogens (tertiary/aromatic N) is 1. The van der Waals surface area contributed by atoms with Crippen molar-refractivity contribution in [1.82, 2.24) is 10.2 Å². The normalized spacial score (nSPS) is 19.7. The van der Waals surface area contributed by atoms with Gasteiger partial charge < -0.3 is 24.8 Å². The number of hydrogen-bond donors (Lipinski definition) is 2. The molecule has 1 aliphatic carbocycles. The van der Waals surface area contributed by atoms with Crippen LogP contribution in [0.1, 0.15) is 39.0 Å². The number of amides is 4. The Hall–Kier alpha value is -3.30. The molecule has 1 atom stereocenters. The second-order valence-electron chi connectivity index (χ2n) is 7.62. The largest absolute Gasteiger partial charge is 0.454 e. The van der Waals surface area contributed by atoms with Gasteiger partial charge in [0.15, 0.2) is 17.6 Å². The summed E-state index contributed by atoms with van der Waals surface area (Å²) < 4.78 is 15.6. The number of rotatable bonds is 6. The van der Waals surface area contributed by atoms with E-state index in [9.17, 15) is 19.2 Å². The van der Waals surface area contributed by atoms with Gasteiger partial charge in [-0.25, -0.2) is 4.79 Å². The molecule has 0 unspecified atom stereocenters. The Labute approximate surface area is 172 Å². The quantitative estimate of drug-likeness (QED) is 0.532. The standard InChI is InChI=1S/C20H23N3O7/c1-12(17(25)21-13-4-5-14-15(10-13)29-11-28-14)30-16(24)6-9-23-18(26)20(22-19(23)27)7-2-3-8-20/h4-5,10,12H,2-3,6-9,11H2,1H3,(H,21,25)(H,22,27)/t12-/m1/s1. The lowest BCUT2D eigenvalue weighted by atomic mass is 9.98. The zero-order valence-corrected chi connectivity index (χ0v) is 16.6. The number of ether oxygens (including phenoxy) is 3. The molecule has 160 valence electrons. The maximum Gasteiger partial charge on any atom is 0.325 e. The van der Waals surface area contributed by atoms with Crippen LogP contribution in [0.3, 0.4) is 0 Å². The van der Waals surface area contributed by atoms with E-state index in [4.69, 9.17) is 14.2 Å². The first-order chi connectivity index (χ1) is 14.4. The molecule has 10 nitrogen and oxygen atoms in total. The molecular weight excluding hydrogens is 394 g/mol. The molecule has 0 aromatic heterocycles. The fourth-order valence-corrected chi connectivity index (χ4v) is 3.93. The van der Waals surface area contributed by atoms with E-state index in [1.807, 2.05) is 0 Å². The molecule has 4 rings (SSSR count). The summed E-state index contributed by atoms with van der Waals surface area (Å²) in [5, 5.41) is 5.40. The van der Waals surface area contributed by atoms with Gasteiger partial charge in [-0.1, -0.05) is 12.8 Å². The van der Waals surface area contributed by atoms with Crippen molar-refractivity contribution in [1.29, 1.82) is 0 Å². The smallest absolute Gasteiger partial charge is 0.325 e. The molecule has 10 heteroatoms. The molecule has 1 spiro atoms. The molecule has 1 saturated heterocycles. The molecule has 2 aliphatic heterocycles. The minimum Gasteiger partial charge on any atom is -0.454 e. The number of carbonyl (C=O) groups excluding carboxylic acids is 4. The summed E-state index contributed by atoms with van der Waals surface area (Å²) >= 11 is 0. The van der Waals surface area contributed by atoms with Gasteiger partial charge in [0.25, 0.3) is 11.8 Å². The lowest BCUT2D eigenvalue weighted by Crippen LogP contribution is -2.44. The highest BCUT2D eigenvalue weighted by molar-refractivity contribution is 6.07. The fourth-order valence-electron chi connectivity index (χ4n) is 3.93. The van der Waals surface area contributed by atoms with E-state index in [1.54, 1.807) is 18.2 Å². The van der Waals surface area contributed by atoms with Crippen molar-refractivity contribution in [3.63, 3.8) is 0 Å². The predicted molar refractivity (Wildman–Crippen MR) is 103 cm³/mol. The Bertz CT molecular complexity index is 894. The van der Waals surface area contributed by atoms with Crippen molar-refractivity contribution < 1.29 is 33.4 Å². The third-order valence-corrected chi connectivity index (χ3v) is 5.56. The van der Waals surface area contributed by atoms with Gasteiger partial charge >= 0.3 is 12.0 Å². The van der Waals surface area contributed by atoms with Gasteiger partial charge in [0.2, 0.25) is 6.79 Å². The van der Waals surface area contributed by atoms with Gasteiger partial charge in [0, 0.05) is 18.3 Å². The van der Waals surface area contributed by atoms with Crippen LogP contribution >= 0.6 is 0 Å². The Morgan fingerprint density at radius 1 is 1.23 bits per heavy atom. The highest BCUT2D eigenvalue weighted by atomic mass is 16.7. The molecule has 0 radical (unpaired) electrons. The number of anilines is 1. The number of fused-ring (bicyclic) bond motifs is 1. The molecule has 1 saturated carbocycles. The van der Waals surface area contributed by atoms with Crippen molar-refractivity contribution in [2.75, 3.05) is 18.7 Å². The zero-order valence-electron chi connectivity index (χ0n) is 16.6. The summed E-state index contributed by atoms with van der Waals surface area (Å²) in [6, 6.07) is 4.45. The molecular formula is C20H23N3O7. The lowest BCUT2D eigenvalue weighted by molar-refractivity contribution is -0.153. The van der Waals surface area contributed by atoms with Crippen molar-refractivity contribution in [2.24, 2.45) is 0 Å². The molecule has 1 aromatic carbocycles. The Morgan fingerprint density at radius 3 is 2.73 bits per heavy atom. The van der Waals surface area contributed by atoms with E-state index in [-0.39, 0.29) is 25.7 Å². The summed E-state index contributed by atoms with van der Waals surface area (Å²) in [5.41, 5.74) is -0.327. The van der Waals surface area contributed by atoms with Gasteiger partial charge in [0.05, 0.1) is 6.42 Å². The van der Waals surface area contributed by atoms with Crippen LogP contribution in [0.2, 0.25) is 0 Å². The number of imide groups is 1. The van der Waals surface area contributed by atoms with E-state index < -0.39 is 29.6 Å². The van der Waals surface area contributed by atoms with Crippen LogP contribution in [0, 0.1) is 0 Å². The minimum atomic E-state index is -1.05. The summed E-state index contributed by atoms with van der Waals surface area (Å²) in [6.07, 6.45) is 1.78. The second kappa shape index (κ2) is 7.85. The Kier molecular flexibility index (Phi) is 5.23. The summed E-state index contributed by atoms with van der Waals surface area (Å²) in [4.78, 5) is 50.2. The minimum absolute atomic E-state index is 0.0816. The maximum atomic E-state index is 12.6. The molecule has 3 aliphatic rings. The molecule has 0 bridgehead atoms. The van der Waals surface area contributed by atoms with E-state index in [2.05, 4.69) is 10.6 Å². The summed E-state index contributed by atoms with van der Waals surface area (Å²) in [5.74, 6) is -0.358. The van der Waals surface area contributed by atoms with E-state index in [1.165, 1.54) is 6.92 Å². The average Bonchev–Trinajstić information content (AvgIpc) is 3.41. The number of carbonyl (C=O) groups is 4.